The quantitative estimate of drug-likeness (QED) is 0.679. The highest BCUT2D eigenvalue weighted by Crippen LogP contribution is 2.30. The van der Waals surface area contributed by atoms with Crippen molar-refractivity contribution in [2.45, 2.75) is 45.3 Å². The second-order valence-electron chi connectivity index (χ2n) is 6.53. The lowest BCUT2D eigenvalue weighted by Crippen LogP contribution is -2.17. The van der Waals surface area contributed by atoms with Gasteiger partial charge in [0, 0.05) is 5.39 Å². The van der Waals surface area contributed by atoms with E-state index in [4.69, 9.17) is 4.74 Å². The van der Waals surface area contributed by atoms with Crippen molar-refractivity contribution in [3.05, 3.63) is 65.4 Å². The van der Waals surface area contributed by atoms with E-state index in [1.165, 1.54) is 3.97 Å². The molecule has 0 saturated heterocycles. The molecule has 0 radical (unpaired) electrons. The summed E-state index contributed by atoms with van der Waals surface area (Å²) >= 11 is 0. The van der Waals surface area contributed by atoms with Gasteiger partial charge in [-0.3, -0.25) is 0 Å². The molecule has 2 aromatic carbocycles. The van der Waals surface area contributed by atoms with Crippen molar-refractivity contribution in [1.29, 1.82) is 0 Å². The van der Waals surface area contributed by atoms with Crippen LogP contribution in [-0.4, -0.2) is 18.5 Å². The van der Waals surface area contributed by atoms with Gasteiger partial charge in [-0.15, -0.1) is 0 Å². The summed E-state index contributed by atoms with van der Waals surface area (Å²) in [6.07, 6.45) is 0.0212. The monoisotopic (exact) mass is 357 g/mol. The van der Waals surface area contributed by atoms with Gasteiger partial charge in [-0.2, -0.15) is 0 Å². The Bertz CT molecular complexity index is 999. The van der Waals surface area contributed by atoms with Gasteiger partial charge in [0.15, 0.2) is 0 Å². The van der Waals surface area contributed by atoms with E-state index in [0.29, 0.717) is 11.2 Å². The average molecular weight is 357 g/mol. The van der Waals surface area contributed by atoms with Crippen molar-refractivity contribution < 1.29 is 13.2 Å². The Balaban J connectivity index is 2.26. The lowest BCUT2D eigenvalue weighted by atomic mass is 10.1. The van der Waals surface area contributed by atoms with Crippen LogP contribution >= 0.6 is 0 Å². The van der Waals surface area contributed by atoms with Crippen LogP contribution in [0.1, 0.15) is 30.7 Å². The molecule has 132 valence electrons. The van der Waals surface area contributed by atoms with E-state index < -0.39 is 10.0 Å². The molecule has 3 aromatic rings. The Kier molecular flexibility index (Phi) is 4.71. The van der Waals surface area contributed by atoms with Gasteiger partial charge in [-0.05, 0) is 51.5 Å². The third-order valence-electron chi connectivity index (χ3n) is 4.32. The first kappa shape index (κ1) is 17.7. The Labute approximate surface area is 149 Å². The molecule has 25 heavy (non-hydrogen) atoms. The van der Waals surface area contributed by atoms with Gasteiger partial charge in [0.2, 0.25) is 0 Å². The smallest absolute Gasteiger partial charge is 0.268 e. The van der Waals surface area contributed by atoms with E-state index in [-0.39, 0.29) is 17.6 Å². The molecule has 0 aliphatic rings. The molecule has 0 aliphatic heterocycles. The Morgan fingerprint density at radius 2 is 1.64 bits per heavy atom. The Hall–Kier alpha value is -2.11. The maximum absolute atomic E-state index is 13.3. The standard InChI is InChI=1S/C20H23NO3S/c1-14(2)24-13-20-16(4)18-7-5-6-8-19(18)21(20)25(22,23)17-11-9-15(3)10-12-17/h5-12,14H,13H2,1-4H3. The maximum atomic E-state index is 13.3. The summed E-state index contributed by atoms with van der Waals surface area (Å²) in [4.78, 5) is 0.282. The highest BCUT2D eigenvalue weighted by atomic mass is 32.2. The molecule has 3 rings (SSSR count). The average Bonchev–Trinajstić information content (AvgIpc) is 2.86. The first-order valence-electron chi connectivity index (χ1n) is 8.35. The summed E-state index contributed by atoms with van der Waals surface area (Å²) in [6.45, 7) is 8.02. The minimum Gasteiger partial charge on any atom is -0.373 e. The zero-order chi connectivity index (χ0) is 18.2. The van der Waals surface area contributed by atoms with Crippen LogP contribution in [0, 0.1) is 13.8 Å². The zero-order valence-electron chi connectivity index (χ0n) is 15.0. The number of aromatic nitrogens is 1. The second-order valence-corrected chi connectivity index (χ2v) is 8.32. The third-order valence-corrected chi connectivity index (χ3v) is 6.08. The largest absolute Gasteiger partial charge is 0.373 e. The molecule has 0 N–H and O–H groups in total. The van der Waals surface area contributed by atoms with Gasteiger partial charge in [-0.25, -0.2) is 12.4 Å². The highest BCUT2D eigenvalue weighted by Gasteiger charge is 2.25. The SMILES string of the molecule is Cc1ccc(S(=O)(=O)n2c(COC(C)C)c(C)c3ccccc32)cc1. The normalized spacial score (nSPS) is 12.2. The number of ether oxygens (including phenoxy) is 1. The van der Waals surface area contributed by atoms with Crippen LogP contribution in [0.3, 0.4) is 0 Å². The second kappa shape index (κ2) is 6.65. The molecular formula is C20H23NO3S. The minimum absolute atomic E-state index is 0.0212. The predicted molar refractivity (Wildman–Crippen MR) is 100 cm³/mol. The van der Waals surface area contributed by atoms with E-state index in [1.807, 2.05) is 64.1 Å². The van der Waals surface area contributed by atoms with Gasteiger partial charge in [-0.1, -0.05) is 35.9 Å². The molecule has 0 aliphatic carbocycles. The summed E-state index contributed by atoms with van der Waals surface area (Å²) in [7, 11) is -3.70. The molecular weight excluding hydrogens is 334 g/mol. The molecule has 0 saturated carbocycles. The van der Waals surface area contributed by atoms with Crippen molar-refractivity contribution in [1.82, 2.24) is 3.97 Å². The molecule has 0 fully saturated rings. The molecule has 0 spiro atoms. The number of aryl methyl sites for hydroxylation is 2. The van der Waals surface area contributed by atoms with Crippen molar-refractivity contribution in [2.75, 3.05) is 0 Å². The molecule has 0 amide bonds. The lowest BCUT2D eigenvalue weighted by Gasteiger charge is -2.14. The number of fused-ring (bicyclic) bond motifs is 1. The van der Waals surface area contributed by atoms with Crippen LogP contribution in [0.15, 0.2) is 53.4 Å². The number of benzene rings is 2. The van der Waals surface area contributed by atoms with Gasteiger partial charge in [0.1, 0.15) is 0 Å². The van der Waals surface area contributed by atoms with Crippen molar-refractivity contribution in [2.24, 2.45) is 0 Å². The van der Waals surface area contributed by atoms with Crippen LogP contribution < -0.4 is 0 Å². The lowest BCUT2D eigenvalue weighted by molar-refractivity contribution is 0.0631. The Morgan fingerprint density at radius 1 is 1.00 bits per heavy atom. The van der Waals surface area contributed by atoms with Gasteiger partial charge in [0.05, 0.1) is 28.8 Å². The van der Waals surface area contributed by atoms with Crippen LogP contribution in [0.2, 0.25) is 0 Å². The van der Waals surface area contributed by atoms with Crippen LogP contribution in [-0.2, 0) is 21.4 Å². The molecule has 0 atom stereocenters. The zero-order valence-corrected chi connectivity index (χ0v) is 15.8. The fourth-order valence-electron chi connectivity index (χ4n) is 2.92. The molecule has 0 unspecified atom stereocenters. The predicted octanol–water partition coefficient (Wildman–Crippen LogP) is 4.42. The fourth-order valence-corrected chi connectivity index (χ4v) is 4.51. The number of para-hydroxylation sites is 1. The van der Waals surface area contributed by atoms with Crippen LogP contribution in [0.25, 0.3) is 10.9 Å². The van der Waals surface area contributed by atoms with E-state index in [2.05, 4.69) is 0 Å². The summed E-state index contributed by atoms with van der Waals surface area (Å²) < 4.78 is 33.9. The molecule has 1 heterocycles. The van der Waals surface area contributed by atoms with Gasteiger partial charge in [0.25, 0.3) is 10.0 Å². The van der Waals surface area contributed by atoms with E-state index in [0.717, 1.165) is 16.5 Å². The number of hydrogen-bond donors (Lipinski definition) is 0. The van der Waals surface area contributed by atoms with E-state index >= 15 is 0 Å². The van der Waals surface area contributed by atoms with Crippen molar-refractivity contribution in [3.63, 3.8) is 0 Å². The van der Waals surface area contributed by atoms with Crippen molar-refractivity contribution in [3.8, 4) is 0 Å². The number of hydrogen-bond acceptors (Lipinski definition) is 3. The summed E-state index contributed by atoms with van der Waals surface area (Å²) in [6, 6.07) is 14.5. The molecule has 0 bridgehead atoms. The first-order chi connectivity index (χ1) is 11.8. The maximum Gasteiger partial charge on any atom is 0.268 e. The molecule has 1 aromatic heterocycles. The Morgan fingerprint density at radius 3 is 2.28 bits per heavy atom. The topological polar surface area (TPSA) is 48.3 Å². The van der Waals surface area contributed by atoms with Gasteiger partial charge >= 0.3 is 0 Å². The molecule has 4 nitrogen and oxygen atoms in total. The molecule has 5 heteroatoms. The van der Waals surface area contributed by atoms with Crippen LogP contribution in [0.4, 0.5) is 0 Å². The van der Waals surface area contributed by atoms with Gasteiger partial charge < -0.3 is 4.74 Å². The van der Waals surface area contributed by atoms with Crippen molar-refractivity contribution >= 4 is 20.9 Å². The summed E-state index contributed by atoms with van der Waals surface area (Å²) in [5.41, 5.74) is 3.32. The highest BCUT2D eigenvalue weighted by molar-refractivity contribution is 7.90. The number of nitrogens with zero attached hydrogens (tertiary/aromatic N) is 1. The van der Waals surface area contributed by atoms with E-state index in [1.54, 1.807) is 12.1 Å². The summed E-state index contributed by atoms with van der Waals surface area (Å²) in [5.74, 6) is 0. The van der Waals surface area contributed by atoms with Crippen LogP contribution in [0.5, 0.6) is 0 Å². The summed E-state index contributed by atoms with van der Waals surface area (Å²) in [5, 5.41) is 0.931. The fraction of sp³-hybridized carbons (Fsp3) is 0.300. The first-order valence-corrected chi connectivity index (χ1v) is 9.79. The number of rotatable bonds is 5. The van der Waals surface area contributed by atoms with E-state index in [9.17, 15) is 8.42 Å². The minimum atomic E-state index is -3.70. The third kappa shape index (κ3) is 3.22.